The molecular weight excluding hydrogens is 553 g/mol. The normalized spacial score (nSPS) is 12.0. The van der Waals surface area contributed by atoms with Crippen LogP contribution in [0.15, 0.2) is 71.8 Å². The fourth-order valence-corrected chi connectivity index (χ4v) is 5.26. The Hall–Kier alpha value is -2.84. The number of carbonyl (C=O) groups excluding carboxylic acids is 1. The number of hydrogen-bond donors (Lipinski definition) is 1. The Morgan fingerprint density at radius 1 is 0.892 bits per heavy atom. The first-order chi connectivity index (χ1) is 17.2. The second-order valence-corrected chi connectivity index (χ2v) is 12.8. The lowest BCUT2D eigenvalue weighted by molar-refractivity contribution is 0.0915. The Morgan fingerprint density at radius 2 is 1.51 bits per heavy atom. The van der Waals surface area contributed by atoms with Crippen LogP contribution < -0.4 is 5.32 Å². The van der Waals surface area contributed by atoms with Crippen LogP contribution in [0.5, 0.6) is 0 Å². The Morgan fingerprint density at radius 3 is 2.11 bits per heavy atom. The van der Waals surface area contributed by atoms with Crippen molar-refractivity contribution in [3.8, 4) is 28.2 Å². The van der Waals surface area contributed by atoms with Gasteiger partial charge in [-0.3, -0.25) is 9.36 Å². The highest BCUT2D eigenvalue weighted by atomic mass is 35.5. The van der Waals surface area contributed by atoms with E-state index in [9.17, 15) is 13.2 Å². The highest BCUT2D eigenvalue weighted by molar-refractivity contribution is 7.90. The van der Waals surface area contributed by atoms with E-state index in [0.717, 1.165) is 11.8 Å². The minimum absolute atomic E-state index is 0.168. The molecule has 1 N–H and O–H groups in total. The molecular formula is C27H24Cl3N3O3S. The number of nitrogens with one attached hydrogen (secondary N) is 1. The number of carbonyl (C=O) groups is 1. The van der Waals surface area contributed by atoms with Crippen LogP contribution in [0, 0.1) is 0 Å². The number of nitrogens with zero attached hydrogens (tertiary/aromatic N) is 2. The van der Waals surface area contributed by atoms with Gasteiger partial charge >= 0.3 is 0 Å². The number of imidazole rings is 1. The van der Waals surface area contributed by atoms with Gasteiger partial charge in [-0.2, -0.15) is 0 Å². The number of hydrogen-bond acceptors (Lipinski definition) is 4. The van der Waals surface area contributed by atoms with E-state index in [1.54, 1.807) is 65.4 Å². The van der Waals surface area contributed by atoms with Crippen molar-refractivity contribution in [1.29, 1.82) is 0 Å². The summed E-state index contributed by atoms with van der Waals surface area (Å²) in [6.07, 6.45) is 2.75. The lowest BCUT2D eigenvalue weighted by Crippen LogP contribution is -2.40. The molecule has 6 nitrogen and oxygen atoms in total. The minimum Gasteiger partial charge on any atom is -0.346 e. The zero-order chi connectivity index (χ0) is 27.1. The van der Waals surface area contributed by atoms with Crippen molar-refractivity contribution in [2.75, 3.05) is 6.26 Å². The summed E-state index contributed by atoms with van der Waals surface area (Å²) in [7, 11) is -3.37. The van der Waals surface area contributed by atoms with Crippen molar-refractivity contribution in [2.45, 2.75) is 31.2 Å². The summed E-state index contributed by atoms with van der Waals surface area (Å²) in [5.41, 5.74) is 2.12. The zero-order valence-electron chi connectivity index (χ0n) is 20.5. The molecule has 0 radical (unpaired) electrons. The van der Waals surface area contributed by atoms with Crippen LogP contribution in [-0.2, 0) is 9.84 Å². The molecule has 0 saturated carbocycles. The molecule has 0 saturated heterocycles. The third-order valence-corrected chi connectivity index (χ3v) is 7.46. The monoisotopic (exact) mass is 575 g/mol. The first-order valence-electron chi connectivity index (χ1n) is 11.2. The van der Waals surface area contributed by atoms with E-state index in [1.807, 2.05) is 26.8 Å². The largest absolute Gasteiger partial charge is 0.346 e. The van der Waals surface area contributed by atoms with Crippen LogP contribution in [0.1, 0.15) is 31.3 Å². The third-order valence-electron chi connectivity index (χ3n) is 5.42. The van der Waals surface area contributed by atoms with Crippen LogP contribution in [0.3, 0.4) is 0 Å². The van der Waals surface area contributed by atoms with E-state index >= 15 is 0 Å². The van der Waals surface area contributed by atoms with Crippen LogP contribution in [0.2, 0.25) is 15.1 Å². The van der Waals surface area contributed by atoms with E-state index in [-0.39, 0.29) is 16.5 Å². The summed E-state index contributed by atoms with van der Waals surface area (Å²) in [6, 6.07) is 17.0. The summed E-state index contributed by atoms with van der Waals surface area (Å²) in [5.74, 6) is -0.00982. The smallest absolute Gasteiger partial charge is 0.271 e. The predicted molar refractivity (Wildman–Crippen MR) is 150 cm³/mol. The first kappa shape index (κ1) is 27.2. The highest BCUT2D eigenvalue weighted by Crippen LogP contribution is 2.37. The van der Waals surface area contributed by atoms with Crippen molar-refractivity contribution in [1.82, 2.24) is 14.9 Å². The van der Waals surface area contributed by atoms with Crippen molar-refractivity contribution in [3.63, 3.8) is 0 Å². The van der Waals surface area contributed by atoms with Gasteiger partial charge in [0, 0.05) is 18.0 Å². The first-order valence-corrected chi connectivity index (χ1v) is 14.2. The molecule has 0 bridgehead atoms. The van der Waals surface area contributed by atoms with Crippen molar-refractivity contribution >= 4 is 50.5 Å². The Bertz CT molecular complexity index is 1600. The van der Waals surface area contributed by atoms with E-state index in [0.29, 0.717) is 37.7 Å². The summed E-state index contributed by atoms with van der Waals surface area (Å²) in [6.45, 7) is 5.63. The second-order valence-electron chi connectivity index (χ2n) is 9.59. The summed E-state index contributed by atoms with van der Waals surface area (Å²) >= 11 is 19.7. The molecule has 0 unspecified atom stereocenters. The Labute approximate surface area is 231 Å². The average Bonchev–Trinajstić information content (AvgIpc) is 3.22. The summed E-state index contributed by atoms with van der Waals surface area (Å²) < 4.78 is 25.7. The van der Waals surface area contributed by atoms with Crippen molar-refractivity contribution in [2.24, 2.45) is 0 Å². The molecule has 0 aliphatic heterocycles. The van der Waals surface area contributed by atoms with Gasteiger partial charge in [-0.05, 0) is 68.3 Å². The van der Waals surface area contributed by atoms with Gasteiger partial charge in [-0.1, -0.05) is 59.1 Å². The Balaban J connectivity index is 1.86. The van der Waals surface area contributed by atoms with Gasteiger partial charge in [0.1, 0.15) is 11.5 Å². The van der Waals surface area contributed by atoms with E-state index in [2.05, 4.69) is 10.3 Å². The van der Waals surface area contributed by atoms with E-state index in [1.165, 1.54) is 0 Å². The minimum atomic E-state index is -3.37. The van der Waals surface area contributed by atoms with Gasteiger partial charge in [-0.25, -0.2) is 13.4 Å². The highest BCUT2D eigenvalue weighted by Gasteiger charge is 2.24. The van der Waals surface area contributed by atoms with Gasteiger partial charge in [0.25, 0.3) is 5.91 Å². The number of halogens is 3. The maximum Gasteiger partial charge on any atom is 0.271 e. The molecule has 1 heterocycles. The average molecular weight is 577 g/mol. The van der Waals surface area contributed by atoms with Gasteiger partial charge in [0.05, 0.1) is 31.2 Å². The zero-order valence-corrected chi connectivity index (χ0v) is 23.6. The van der Waals surface area contributed by atoms with Crippen LogP contribution in [-0.4, -0.2) is 35.7 Å². The predicted octanol–water partition coefficient (Wildman–Crippen LogP) is 7.10. The lowest BCUT2D eigenvalue weighted by atomic mass is 10.1. The van der Waals surface area contributed by atoms with Gasteiger partial charge in [0.15, 0.2) is 9.84 Å². The van der Waals surface area contributed by atoms with E-state index in [4.69, 9.17) is 34.8 Å². The fourth-order valence-electron chi connectivity index (χ4n) is 3.75. The van der Waals surface area contributed by atoms with Crippen molar-refractivity contribution in [3.05, 3.63) is 87.6 Å². The van der Waals surface area contributed by atoms with Crippen LogP contribution in [0.4, 0.5) is 0 Å². The molecule has 0 atom stereocenters. The fraction of sp³-hybridized carbons (Fsp3) is 0.185. The van der Waals surface area contributed by atoms with Gasteiger partial charge < -0.3 is 5.32 Å². The van der Waals surface area contributed by atoms with Gasteiger partial charge in [-0.15, -0.1) is 0 Å². The molecule has 0 spiro atoms. The molecule has 0 aliphatic rings. The Kier molecular flexibility index (Phi) is 7.45. The quantitative estimate of drug-likeness (QED) is 0.275. The molecule has 37 heavy (non-hydrogen) atoms. The molecule has 3 aromatic carbocycles. The SMILES string of the molecule is CC(C)(C)NC(=O)c1cn(-c2ccc(-c3cccc(S(C)(=O)=O)c3)cc2Cl)c(-c2c(Cl)cccc2Cl)n1. The van der Waals surface area contributed by atoms with Gasteiger partial charge in [0.2, 0.25) is 0 Å². The molecule has 1 aromatic heterocycles. The molecule has 4 rings (SSSR count). The number of rotatable bonds is 5. The number of aromatic nitrogens is 2. The molecule has 4 aromatic rings. The topological polar surface area (TPSA) is 81.1 Å². The lowest BCUT2D eigenvalue weighted by Gasteiger charge is -2.19. The molecule has 0 aliphatic carbocycles. The standard InChI is InChI=1S/C27H24Cl3N3O3S/c1-27(2,3)32-26(34)22-15-33(25(31-22)24-19(28)9-6-10-20(24)29)23-12-11-17(14-21(23)30)16-7-5-8-18(13-16)37(4,35)36/h5-15H,1-4H3,(H,32,34). The maximum atomic E-state index is 13.0. The number of sulfone groups is 1. The third kappa shape index (κ3) is 6.02. The molecule has 192 valence electrons. The summed E-state index contributed by atoms with van der Waals surface area (Å²) in [5, 5.41) is 4.00. The number of amides is 1. The van der Waals surface area contributed by atoms with E-state index < -0.39 is 15.4 Å². The second kappa shape index (κ2) is 10.1. The number of benzene rings is 3. The van der Waals surface area contributed by atoms with Crippen LogP contribution >= 0.6 is 34.8 Å². The van der Waals surface area contributed by atoms with Crippen LogP contribution in [0.25, 0.3) is 28.2 Å². The molecule has 10 heteroatoms. The summed E-state index contributed by atoms with van der Waals surface area (Å²) in [4.78, 5) is 17.8. The maximum absolute atomic E-state index is 13.0. The van der Waals surface area contributed by atoms with Crippen molar-refractivity contribution < 1.29 is 13.2 Å². The molecule has 1 amide bonds. The molecule has 0 fully saturated rings.